The van der Waals surface area contributed by atoms with E-state index in [-0.39, 0.29) is 29.7 Å². The molecule has 12 nitrogen and oxygen atoms in total. The van der Waals surface area contributed by atoms with Gasteiger partial charge in [-0.1, -0.05) is 35.9 Å². The van der Waals surface area contributed by atoms with Crippen LogP contribution in [0, 0.1) is 0 Å². The second kappa shape index (κ2) is 12.5. The number of nitrogens with one attached hydrogen (secondary N) is 2. The highest BCUT2D eigenvalue weighted by molar-refractivity contribution is 6.34. The molecule has 13 heteroatoms. The van der Waals surface area contributed by atoms with E-state index in [1.807, 2.05) is 24.3 Å². The van der Waals surface area contributed by atoms with Crippen LogP contribution in [0.1, 0.15) is 22.7 Å². The number of hydrogen-bond donors (Lipinski definition) is 2. The predicted molar refractivity (Wildman–Crippen MR) is 172 cm³/mol. The number of carbonyl (C=O) groups excluding carboxylic acids is 2. The Balaban J connectivity index is 1.31. The zero-order chi connectivity index (χ0) is 32.6. The molecule has 2 aliphatic rings. The first kappa shape index (κ1) is 31.2. The number of anilines is 2. The van der Waals surface area contributed by atoms with Gasteiger partial charge in [0.25, 0.3) is 5.56 Å². The van der Waals surface area contributed by atoms with Crippen LogP contribution in [-0.4, -0.2) is 60.5 Å². The van der Waals surface area contributed by atoms with Crippen molar-refractivity contribution in [1.29, 1.82) is 0 Å². The van der Waals surface area contributed by atoms with Gasteiger partial charge >= 0.3 is 5.69 Å². The van der Waals surface area contributed by atoms with Gasteiger partial charge in [0.1, 0.15) is 18.1 Å². The summed E-state index contributed by atoms with van der Waals surface area (Å²) in [5.41, 5.74) is 1.69. The first-order chi connectivity index (χ1) is 22.2. The highest BCUT2D eigenvalue weighted by Gasteiger charge is 2.51. The van der Waals surface area contributed by atoms with Gasteiger partial charge in [-0.3, -0.25) is 23.5 Å². The summed E-state index contributed by atoms with van der Waals surface area (Å²) >= 11 is 6.59. The Morgan fingerprint density at radius 2 is 1.78 bits per heavy atom. The van der Waals surface area contributed by atoms with Gasteiger partial charge in [-0.25, -0.2) is 9.78 Å². The zero-order valence-electron chi connectivity index (χ0n) is 25.5. The van der Waals surface area contributed by atoms with Crippen LogP contribution in [0.15, 0.2) is 70.5 Å². The summed E-state index contributed by atoms with van der Waals surface area (Å²) in [6.45, 7) is -0.373. The smallest absolute Gasteiger partial charge is 0.331 e. The Kier molecular flexibility index (Phi) is 8.51. The molecule has 2 aromatic heterocycles. The van der Waals surface area contributed by atoms with Crippen molar-refractivity contribution in [3.8, 4) is 16.9 Å². The maximum absolute atomic E-state index is 13.8. The number of halogens is 1. The molecule has 2 N–H and O–H groups in total. The number of benzene rings is 2. The van der Waals surface area contributed by atoms with Gasteiger partial charge in [-0.2, -0.15) is 0 Å². The Labute approximate surface area is 268 Å². The number of carbonyl (C=O) groups is 2. The summed E-state index contributed by atoms with van der Waals surface area (Å²) in [5, 5.41) is 5.94. The third-order valence-corrected chi connectivity index (χ3v) is 8.91. The molecule has 238 valence electrons. The minimum atomic E-state index is -0.772. The van der Waals surface area contributed by atoms with Gasteiger partial charge in [0, 0.05) is 43.4 Å². The van der Waals surface area contributed by atoms with Crippen LogP contribution < -0.4 is 26.6 Å². The van der Waals surface area contributed by atoms with Crippen LogP contribution in [-0.2, 0) is 43.9 Å². The number of pyridine rings is 1. The van der Waals surface area contributed by atoms with Crippen molar-refractivity contribution < 1.29 is 23.8 Å². The van der Waals surface area contributed by atoms with Crippen LogP contribution >= 0.6 is 11.6 Å². The number of amides is 2. The van der Waals surface area contributed by atoms with E-state index in [0.29, 0.717) is 35.7 Å². The molecule has 6 rings (SSSR count). The summed E-state index contributed by atoms with van der Waals surface area (Å²) in [7, 11) is 4.37. The molecule has 0 saturated carbocycles. The zero-order valence-corrected chi connectivity index (χ0v) is 26.2. The summed E-state index contributed by atoms with van der Waals surface area (Å²) in [5.74, 6) is 0.336. The van der Waals surface area contributed by atoms with Gasteiger partial charge < -0.3 is 24.8 Å². The first-order valence-corrected chi connectivity index (χ1v) is 14.9. The van der Waals surface area contributed by atoms with Crippen LogP contribution in [0.4, 0.5) is 11.5 Å². The average Bonchev–Trinajstić information content (AvgIpc) is 3.55. The molecule has 4 aromatic rings. The Hall–Kier alpha value is -4.78. The topological polar surface area (TPSA) is 143 Å². The molecular formula is C33H32ClN5O7. The predicted octanol–water partition coefficient (Wildman–Crippen LogP) is 3.20. The highest BCUT2D eigenvalue weighted by Crippen LogP contribution is 2.47. The van der Waals surface area contributed by atoms with Gasteiger partial charge in [-0.05, 0) is 48.2 Å². The summed E-state index contributed by atoms with van der Waals surface area (Å²) in [6, 6.07) is 13.5. The second-order valence-electron chi connectivity index (χ2n) is 11.3. The molecular weight excluding hydrogens is 614 g/mol. The molecule has 2 amide bonds. The van der Waals surface area contributed by atoms with Crippen LogP contribution in [0.5, 0.6) is 5.75 Å². The third kappa shape index (κ3) is 5.38. The number of nitrogens with zero attached hydrogens (tertiary/aromatic N) is 3. The Morgan fingerprint density at radius 1 is 1.02 bits per heavy atom. The normalized spacial score (nSPS) is 16.4. The Morgan fingerprint density at radius 3 is 2.52 bits per heavy atom. The number of hydrogen-bond acceptors (Lipinski definition) is 8. The van der Waals surface area contributed by atoms with E-state index in [1.165, 1.54) is 27.5 Å². The lowest BCUT2D eigenvalue weighted by molar-refractivity contribution is -0.120. The van der Waals surface area contributed by atoms with Crippen molar-refractivity contribution in [2.45, 2.75) is 30.8 Å². The molecule has 0 bridgehead atoms. The highest BCUT2D eigenvalue weighted by atomic mass is 35.5. The molecule has 2 aromatic carbocycles. The van der Waals surface area contributed by atoms with Crippen molar-refractivity contribution >= 4 is 34.9 Å². The summed E-state index contributed by atoms with van der Waals surface area (Å²) in [4.78, 5) is 58.3. The molecule has 0 fully saturated rings. The van der Waals surface area contributed by atoms with Crippen molar-refractivity contribution in [2.75, 3.05) is 45.2 Å². The summed E-state index contributed by atoms with van der Waals surface area (Å²) < 4.78 is 18.1. The van der Waals surface area contributed by atoms with Crippen molar-refractivity contribution in [2.24, 2.45) is 0 Å². The average molecular weight is 646 g/mol. The monoisotopic (exact) mass is 645 g/mol. The van der Waals surface area contributed by atoms with Crippen molar-refractivity contribution in [1.82, 2.24) is 14.1 Å². The number of fused-ring (bicyclic) bond motifs is 3. The van der Waals surface area contributed by atoms with Gasteiger partial charge in [-0.15, -0.1) is 0 Å². The lowest BCUT2D eigenvalue weighted by Crippen LogP contribution is -2.46. The van der Waals surface area contributed by atoms with E-state index in [4.69, 9.17) is 25.8 Å². The van der Waals surface area contributed by atoms with Crippen LogP contribution in [0.3, 0.4) is 0 Å². The number of rotatable bonds is 10. The number of aromatic nitrogens is 3. The van der Waals surface area contributed by atoms with E-state index in [2.05, 4.69) is 15.6 Å². The van der Waals surface area contributed by atoms with Gasteiger partial charge in [0.05, 0.1) is 42.4 Å². The second-order valence-corrected chi connectivity index (χ2v) is 11.7. The standard InChI is InChI=1S/C33H32ClN5O7/c1-44-17-22(18-45-2)39-30(41)24(23-6-4-8-26(46-3)28(23)34)15-38(32(39)43)16-27(40)36-21-10-9-19-13-33(14-20(19)12-21)25-7-5-11-35-29(25)37-31(33)42/h4-12,15,22H,13-14,16-18H2,1-3H3,(H,36,40)(H,35,37,42)/t33-/m1/s1. The number of ether oxygens (including phenoxy) is 3. The largest absolute Gasteiger partial charge is 0.495 e. The third-order valence-electron chi connectivity index (χ3n) is 8.52. The fraction of sp³-hybridized carbons (Fsp3) is 0.303. The molecule has 1 atom stereocenters. The van der Waals surface area contributed by atoms with Crippen molar-refractivity contribution in [3.05, 3.63) is 103 Å². The molecule has 0 saturated heterocycles. The Bertz CT molecular complexity index is 1970. The molecule has 1 spiro atoms. The molecule has 0 radical (unpaired) electrons. The maximum Gasteiger partial charge on any atom is 0.331 e. The fourth-order valence-electron chi connectivity index (χ4n) is 6.40. The SMILES string of the molecule is COCC(COC)n1c(=O)c(-c2cccc(OC)c2Cl)cn(CC(=O)Nc2ccc3c(c2)C[C@@]2(C3)C(=O)Nc3ncccc32)c1=O. The molecule has 1 aliphatic carbocycles. The number of methoxy groups -OCH3 is 3. The minimum Gasteiger partial charge on any atom is -0.495 e. The molecule has 46 heavy (non-hydrogen) atoms. The molecule has 3 heterocycles. The lowest BCUT2D eigenvalue weighted by atomic mass is 9.79. The maximum atomic E-state index is 13.8. The van der Waals surface area contributed by atoms with E-state index < -0.39 is 35.2 Å². The van der Waals surface area contributed by atoms with Gasteiger partial charge in [0.2, 0.25) is 11.8 Å². The summed E-state index contributed by atoms with van der Waals surface area (Å²) in [6.07, 6.45) is 3.97. The molecule has 0 unspecified atom stereocenters. The van der Waals surface area contributed by atoms with Crippen LogP contribution in [0.25, 0.3) is 11.1 Å². The van der Waals surface area contributed by atoms with E-state index in [9.17, 15) is 19.2 Å². The quantitative estimate of drug-likeness (QED) is 0.268. The molecule has 1 aliphatic heterocycles. The van der Waals surface area contributed by atoms with E-state index >= 15 is 0 Å². The van der Waals surface area contributed by atoms with E-state index in [0.717, 1.165) is 25.8 Å². The van der Waals surface area contributed by atoms with Crippen LogP contribution in [0.2, 0.25) is 5.02 Å². The lowest BCUT2D eigenvalue weighted by Gasteiger charge is -2.21. The minimum absolute atomic E-state index is 0.0135. The first-order valence-electron chi connectivity index (χ1n) is 14.6. The van der Waals surface area contributed by atoms with E-state index in [1.54, 1.807) is 30.5 Å². The van der Waals surface area contributed by atoms with Crippen molar-refractivity contribution in [3.63, 3.8) is 0 Å². The fourth-order valence-corrected chi connectivity index (χ4v) is 6.70. The van der Waals surface area contributed by atoms with Gasteiger partial charge in [0.15, 0.2) is 0 Å².